The largest absolute Gasteiger partial charge is 0.333 e. The molecule has 4 rings (SSSR count). The van der Waals surface area contributed by atoms with Crippen molar-refractivity contribution in [3.63, 3.8) is 0 Å². The van der Waals surface area contributed by atoms with E-state index >= 15 is 0 Å². The molecular weight excluding hydrogens is 450 g/mol. The van der Waals surface area contributed by atoms with Crippen LogP contribution in [0.4, 0.5) is 10.5 Å². The van der Waals surface area contributed by atoms with Crippen molar-refractivity contribution < 1.29 is 18.0 Å². The van der Waals surface area contributed by atoms with Crippen molar-refractivity contribution in [3.8, 4) is 0 Å². The first-order chi connectivity index (χ1) is 16.0. The standard InChI is InChI=1S/C26H39N3O4S/c1-17-6-5-7-22(14-17)27-26(31)28-16-18(2)29(19(3)30)24-13-10-21(15-25(24)28)20-8-11-23(12-9-20)34(4,32)33/h5-7,14,18,20-21,23-25H,8-13,15-16H2,1-4H3,(H,27,31)/t18-,20?,21?,23?,24?,25?/m0/s1. The summed E-state index contributed by atoms with van der Waals surface area (Å²) in [5.41, 5.74) is 1.88. The topological polar surface area (TPSA) is 86.8 Å². The fraction of sp³-hybridized carbons (Fsp3) is 0.692. The number of aryl methyl sites for hydroxylation is 1. The quantitative estimate of drug-likeness (QED) is 0.689. The second-order valence-electron chi connectivity index (χ2n) is 10.8. The second kappa shape index (κ2) is 9.88. The molecule has 2 aliphatic carbocycles. The van der Waals surface area contributed by atoms with Gasteiger partial charge in [-0.15, -0.1) is 0 Å². The number of carbonyl (C=O) groups is 2. The molecule has 0 spiro atoms. The average Bonchev–Trinajstić information content (AvgIpc) is 2.77. The number of amides is 3. The third-order valence-electron chi connectivity index (χ3n) is 8.40. The zero-order valence-corrected chi connectivity index (χ0v) is 21.7. The van der Waals surface area contributed by atoms with Gasteiger partial charge in [0, 0.05) is 31.5 Å². The van der Waals surface area contributed by atoms with E-state index in [1.165, 1.54) is 6.26 Å². The minimum atomic E-state index is -2.98. The molecule has 1 aliphatic heterocycles. The van der Waals surface area contributed by atoms with E-state index < -0.39 is 9.84 Å². The Morgan fingerprint density at radius 1 is 1.00 bits per heavy atom. The van der Waals surface area contributed by atoms with E-state index in [0.29, 0.717) is 18.4 Å². The summed E-state index contributed by atoms with van der Waals surface area (Å²) >= 11 is 0. The molecule has 0 radical (unpaired) electrons. The number of benzene rings is 1. The van der Waals surface area contributed by atoms with Crippen molar-refractivity contribution in [2.75, 3.05) is 18.1 Å². The molecule has 1 saturated heterocycles. The van der Waals surface area contributed by atoms with Crippen molar-refractivity contribution in [1.82, 2.24) is 9.80 Å². The lowest BCUT2D eigenvalue weighted by atomic mass is 9.69. The van der Waals surface area contributed by atoms with Crippen LogP contribution in [0.5, 0.6) is 0 Å². The van der Waals surface area contributed by atoms with Gasteiger partial charge in [0.2, 0.25) is 5.91 Å². The smallest absolute Gasteiger partial charge is 0.322 e. The molecule has 2 saturated carbocycles. The number of urea groups is 1. The Balaban J connectivity index is 1.51. The highest BCUT2D eigenvalue weighted by molar-refractivity contribution is 7.91. The monoisotopic (exact) mass is 489 g/mol. The molecule has 3 fully saturated rings. The molecule has 3 aliphatic rings. The van der Waals surface area contributed by atoms with Gasteiger partial charge in [-0.3, -0.25) is 4.79 Å². The lowest BCUT2D eigenvalue weighted by molar-refractivity contribution is -0.141. The number of nitrogens with one attached hydrogen (secondary N) is 1. The average molecular weight is 490 g/mol. The van der Waals surface area contributed by atoms with Gasteiger partial charge in [0.25, 0.3) is 0 Å². The maximum atomic E-state index is 13.4. The van der Waals surface area contributed by atoms with Gasteiger partial charge < -0.3 is 15.1 Å². The zero-order valence-electron chi connectivity index (χ0n) is 20.9. The normalized spacial score (nSPS) is 32.1. The van der Waals surface area contributed by atoms with Crippen LogP contribution in [0.15, 0.2) is 24.3 Å². The van der Waals surface area contributed by atoms with E-state index in [4.69, 9.17) is 0 Å². The molecule has 0 aromatic heterocycles. The molecule has 1 N–H and O–H groups in total. The number of nitrogens with zero attached hydrogens (tertiary/aromatic N) is 2. The first kappa shape index (κ1) is 25.0. The summed E-state index contributed by atoms with van der Waals surface area (Å²) in [5.74, 6) is 1.03. The molecule has 1 aromatic carbocycles. The van der Waals surface area contributed by atoms with Gasteiger partial charge in [-0.2, -0.15) is 0 Å². The highest BCUT2D eigenvalue weighted by Crippen LogP contribution is 2.43. The number of sulfone groups is 1. The van der Waals surface area contributed by atoms with Crippen molar-refractivity contribution in [3.05, 3.63) is 29.8 Å². The van der Waals surface area contributed by atoms with Gasteiger partial charge in [0.15, 0.2) is 0 Å². The summed E-state index contributed by atoms with van der Waals surface area (Å²) in [5, 5.41) is 2.88. The minimum Gasteiger partial charge on any atom is -0.333 e. The highest BCUT2D eigenvalue weighted by atomic mass is 32.2. The number of hydrogen-bond donors (Lipinski definition) is 1. The Bertz CT molecular complexity index is 1020. The van der Waals surface area contributed by atoms with E-state index in [9.17, 15) is 18.0 Å². The Hall–Kier alpha value is -2.09. The molecule has 3 unspecified atom stereocenters. The number of carbonyl (C=O) groups excluding carboxylic acids is 2. The number of hydrogen-bond acceptors (Lipinski definition) is 4. The SMILES string of the molecule is CC(=O)N1C2CCC(C3CCC(S(C)(=O)=O)CC3)CC2N(C(=O)Nc2cccc(C)c2)C[C@@H]1C. The van der Waals surface area contributed by atoms with E-state index in [0.717, 1.165) is 56.2 Å². The molecule has 188 valence electrons. The number of anilines is 1. The van der Waals surface area contributed by atoms with Gasteiger partial charge in [0.05, 0.1) is 17.3 Å². The number of piperazine rings is 1. The Labute approximate surface area is 204 Å². The fourth-order valence-corrected chi connectivity index (χ4v) is 7.90. The molecule has 8 heteroatoms. The van der Waals surface area contributed by atoms with Gasteiger partial charge >= 0.3 is 6.03 Å². The van der Waals surface area contributed by atoms with E-state index in [2.05, 4.69) is 5.32 Å². The lowest BCUT2D eigenvalue weighted by Gasteiger charge is -2.54. The van der Waals surface area contributed by atoms with E-state index in [1.807, 2.05) is 47.9 Å². The van der Waals surface area contributed by atoms with Gasteiger partial charge in [0.1, 0.15) is 9.84 Å². The van der Waals surface area contributed by atoms with Gasteiger partial charge in [-0.25, -0.2) is 13.2 Å². The maximum absolute atomic E-state index is 13.4. The van der Waals surface area contributed by atoms with Crippen LogP contribution in [0.1, 0.15) is 64.4 Å². The minimum absolute atomic E-state index is 0.0173. The molecule has 1 heterocycles. The summed E-state index contributed by atoms with van der Waals surface area (Å²) in [6, 6.07) is 7.71. The van der Waals surface area contributed by atoms with Crippen molar-refractivity contribution in [2.24, 2.45) is 11.8 Å². The summed E-state index contributed by atoms with van der Waals surface area (Å²) in [6.07, 6.45) is 7.48. The zero-order chi connectivity index (χ0) is 24.6. The molecule has 4 atom stereocenters. The third-order valence-corrected chi connectivity index (χ3v) is 10.1. The first-order valence-corrected chi connectivity index (χ1v) is 14.6. The van der Waals surface area contributed by atoms with Crippen LogP contribution in [0.25, 0.3) is 0 Å². The fourth-order valence-electron chi connectivity index (χ4n) is 6.77. The first-order valence-electron chi connectivity index (χ1n) is 12.7. The Morgan fingerprint density at radius 3 is 2.29 bits per heavy atom. The molecular formula is C26H39N3O4S. The molecule has 0 bridgehead atoms. The van der Waals surface area contributed by atoms with Crippen molar-refractivity contribution >= 4 is 27.5 Å². The van der Waals surface area contributed by atoms with Gasteiger partial charge in [-0.1, -0.05) is 12.1 Å². The molecule has 1 aromatic rings. The number of rotatable bonds is 3. The Morgan fingerprint density at radius 2 is 1.68 bits per heavy atom. The maximum Gasteiger partial charge on any atom is 0.322 e. The summed E-state index contributed by atoms with van der Waals surface area (Å²) in [7, 11) is -2.98. The van der Waals surface area contributed by atoms with Crippen LogP contribution >= 0.6 is 0 Å². The highest BCUT2D eigenvalue weighted by Gasteiger charge is 2.47. The van der Waals surface area contributed by atoms with Gasteiger partial charge in [-0.05, 0) is 88.3 Å². The third kappa shape index (κ3) is 5.26. The van der Waals surface area contributed by atoms with Crippen LogP contribution in [-0.4, -0.2) is 66.3 Å². The lowest BCUT2D eigenvalue weighted by Crippen LogP contribution is -2.67. The van der Waals surface area contributed by atoms with Crippen LogP contribution in [-0.2, 0) is 14.6 Å². The van der Waals surface area contributed by atoms with E-state index in [-0.39, 0.29) is 35.3 Å². The Kier molecular flexibility index (Phi) is 7.27. The van der Waals surface area contributed by atoms with Crippen molar-refractivity contribution in [1.29, 1.82) is 0 Å². The van der Waals surface area contributed by atoms with Crippen LogP contribution in [0, 0.1) is 18.8 Å². The van der Waals surface area contributed by atoms with Crippen LogP contribution < -0.4 is 5.32 Å². The molecule has 3 amide bonds. The molecule has 34 heavy (non-hydrogen) atoms. The predicted molar refractivity (Wildman–Crippen MR) is 134 cm³/mol. The summed E-state index contributed by atoms with van der Waals surface area (Å²) in [6.45, 7) is 6.19. The predicted octanol–water partition coefficient (Wildman–Crippen LogP) is 4.22. The number of fused-ring (bicyclic) bond motifs is 1. The van der Waals surface area contributed by atoms with Crippen LogP contribution in [0.2, 0.25) is 0 Å². The molecule has 7 nitrogen and oxygen atoms in total. The van der Waals surface area contributed by atoms with E-state index in [1.54, 1.807) is 6.92 Å². The van der Waals surface area contributed by atoms with Crippen molar-refractivity contribution in [2.45, 2.75) is 89.1 Å². The summed E-state index contributed by atoms with van der Waals surface area (Å²) in [4.78, 5) is 29.9. The summed E-state index contributed by atoms with van der Waals surface area (Å²) < 4.78 is 24.0. The second-order valence-corrected chi connectivity index (χ2v) is 13.1. The van der Waals surface area contributed by atoms with Crippen LogP contribution in [0.3, 0.4) is 0 Å².